The number of likely N-dealkylation sites (tertiary alicyclic amines) is 1. The van der Waals surface area contributed by atoms with Gasteiger partial charge in [0.2, 0.25) is 0 Å². The lowest BCUT2D eigenvalue weighted by Gasteiger charge is -2.32. The molecular weight excluding hydrogens is 527 g/mol. The van der Waals surface area contributed by atoms with Crippen molar-refractivity contribution < 1.29 is 32.0 Å². The Bertz CT molecular complexity index is 1160. The van der Waals surface area contributed by atoms with E-state index in [1.807, 2.05) is 12.1 Å². The fourth-order valence-corrected chi connectivity index (χ4v) is 5.38. The predicted molar refractivity (Wildman–Crippen MR) is 136 cm³/mol. The molecule has 0 saturated carbocycles. The van der Waals surface area contributed by atoms with Crippen molar-refractivity contribution in [2.75, 3.05) is 39.0 Å². The summed E-state index contributed by atoms with van der Waals surface area (Å²) in [4.78, 5) is 40.7. The van der Waals surface area contributed by atoms with Crippen molar-refractivity contribution >= 4 is 33.4 Å². The molecule has 1 aromatic carbocycles. The van der Waals surface area contributed by atoms with Crippen molar-refractivity contribution in [1.82, 2.24) is 15.2 Å². The number of hydrogen-bond acceptors (Lipinski definition) is 6. The van der Waals surface area contributed by atoms with E-state index in [4.69, 9.17) is 16.3 Å². The van der Waals surface area contributed by atoms with Crippen LogP contribution in [0.1, 0.15) is 38.2 Å². The van der Waals surface area contributed by atoms with Crippen LogP contribution in [-0.4, -0.2) is 92.0 Å². The number of amides is 2. The second-order valence-electron chi connectivity index (χ2n) is 9.44. The van der Waals surface area contributed by atoms with Gasteiger partial charge in [-0.3, -0.25) is 4.79 Å². The smallest absolute Gasteiger partial charge is 0.410 e. The second kappa shape index (κ2) is 11.8. The van der Waals surface area contributed by atoms with Crippen molar-refractivity contribution in [3.63, 3.8) is 0 Å². The van der Waals surface area contributed by atoms with Crippen molar-refractivity contribution in [3.05, 3.63) is 51.2 Å². The molecule has 1 aromatic rings. The lowest BCUT2D eigenvalue weighted by Crippen LogP contribution is -2.55. The number of ether oxygens (including phenoxy) is 1. The van der Waals surface area contributed by atoms with E-state index in [2.05, 4.69) is 5.32 Å². The summed E-state index contributed by atoms with van der Waals surface area (Å²) < 4.78 is 43.1. The molecule has 3 atom stereocenters. The van der Waals surface area contributed by atoms with Gasteiger partial charge in [-0.05, 0) is 25.5 Å². The molecule has 2 fully saturated rings. The van der Waals surface area contributed by atoms with Gasteiger partial charge in [0.15, 0.2) is 15.5 Å². The Kier molecular flexibility index (Phi) is 9.17. The second-order valence-corrected chi connectivity index (χ2v) is 11.8. The van der Waals surface area contributed by atoms with Crippen molar-refractivity contribution in [1.29, 1.82) is 0 Å². The Hall–Kier alpha value is -2.73. The van der Waals surface area contributed by atoms with E-state index < -0.39 is 45.5 Å². The number of benzene rings is 1. The Morgan fingerprint density at radius 3 is 2.54 bits per heavy atom. The minimum atomic E-state index is -3.37. The minimum Gasteiger partial charge on any atom is -0.450 e. The summed E-state index contributed by atoms with van der Waals surface area (Å²) in [5.41, 5.74) is -1.46. The number of nitrogens with zero attached hydrogens (tertiary/aromatic N) is 3. The number of nitrogens with one attached hydrogen (secondary N) is 1. The highest BCUT2D eigenvalue weighted by molar-refractivity contribution is 7.93. The number of nitroso groups, excluding NO2 is 1. The first-order chi connectivity index (χ1) is 17.3. The third-order valence-corrected chi connectivity index (χ3v) is 7.59. The fourth-order valence-electron chi connectivity index (χ4n) is 4.58. The summed E-state index contributed by atoms with van der Waals surface area (Å²) in [6.07, 6.45) is 1.34. The van der Waals surface area contributed by atoms with Gasteiger partial charge >= 0.3 is 6.09 Å². The van der Waals surface area contributed by atoms with E-state index in [1.54, 1.807) is 26.0 Å². The van der Waals surface area contributed by atoms with Gasteiger partial charge in [-0.1, -0.05) is 35.9 Å². The number of piperidine rings is 1. The average molecular weight is 560 g/mol. The average Bonchev–Trinajstić information content (AvgIpc) is 3.28. The molecule has 13 heteroatoms. The topological polar surface area (TPSA) is 116 Å². The van der Waals surface area contributed by atoms with Gasteiger partial charge in [-0.2, -0.15) is 0 Å². The van der Waals surface area contributed by atoms with E-state index in [0.29, 0.717) is 5.02 Å². The van der Waals surface area contributed by atoms with Gasteiger partial charge in [-0.15, -0.1) is 5.01 Å². The zero-order chi connectivity index (χ0) is 27.4. The van der Waals surface area contributed by atoms with Gasteiger partial charge in [0.1, 0.15) is 4.87 Å². The van der Waals surface area contributed by atoms with Gasteiger partial charge in [0.25, 0.3) is 11.9 Å². The molecule has 3 rings (SSSR count). The maximum Gasteiger partial charge on any atom is 0.410 e. The maximum absolute atomic E-state index is 15.5. The molecule has 2 heterocycles. The van der Waals surface area contributed by atoms with Crippen LogP contribution in [0.3, 0.4) is 0 Å². The summed E-state index contributed by atoms with van der Waals surface area (Å²) in [5, 5.41) is 5.36. The number of sulfone groups is 1. The van der Waals surface area contributed by atoms with E-state index in [9.17, 15) is 22.9 Å². The van der Waals surface area contributed by atoms with Crippen LogP contribution in [0.25, 0.3) is 0 Å². The molecule has 0 spiro atoms. The highest BCUT2D eigenvalue weighted by atomic mass is 35.5. The lowest BCUT2D eigenvalue weighted by molar-refractivity contribution is -0.736. The molecule has 2 amide bonds. The quantitative estimate of drug-likeness (QED) is 0.487. The van der Waals surface area contributed by atoms with Crippen LogP contribution in [0.5, 0.6) is 0 Å². The monoisotopic (exact) mass is 559 g/mol. The van der Waals surface area contributed by atoms with E-state index >= 15 is 4.39 Å². The maximum atomic E-state index is 15.5. The molecule has 1 N–H and O–H groups in total. The highest BCUT2D eigenvalue weighted by Crippen LogP contribution is 2.36. The number of halogens is 2. The van der Waals surface area contributed by atoms with E-state index in [1.165, 1.54) is 16.0 Å². The van der Waals surface area contributed by atoms with Gasteiger partial charge < -0.3 is 15.0 Å². The largest absolute Gasteiger partial charge is 0.450 e. The SMILES string of the molecule is CCOC(=O)N1C[C@@H](c2ccccc2Cl)[C@@H]([N+](=O)N2CCC(F)(C(=O)N[C@H](C)/C=C\S(C)(=O)=O)CC2)C1. The summed E-state index contributed by atoms with van der Waals surface area (Å²) in [5.74, 6) is -1.24. The van der Waals surface area contributed by atoms with Crippen LogP contribution in [-0.2, 0) is 19.4 Å². The number of carbonyl (C=O) groups excluding carboxylic acids is 2. The zero-order valence-corrected chi connectivity index (χ0v) is 22.7. The van der Waals surface area contributed by atoms with Crippen molar-refractivity contribution in [3.8, 4) is 0 Å². The molecule has 0 bridgehead atoms. The molecule has 204 valence electrons. The Morgan fingerprint density at radius 1 is 1.30 bits per heavy atom. The number of rotatable bonds is 8. The first-order valence-corrected chi connectivity index (χ1v) is 14.4. The van der Waals surface area contributed by atoms with Crippen molar-refractivity contribution in [2.24, 2.45) is 0 Å². The normalized spacial score (nSPS) is 22.6. The summed E-state index contributed by atoms with van der Waals surface area (Å²) >= 11 is 6.41. The summed E-state index contributed by atoms with van der Waals surface area (Å²) in [6.45, 7) is 3.79. The van der Waals surface area contributed by atoms with Gasteiger partial charge in [-0.25, -0.2) is 17.6 Å². The van der Waals surface area contributed by atoms with Crippen LogP contribution in [0.15, 0.2) is 35.7 Å². The van der Waals surface area contributed by atoms with Gasteiger partial charge in [0, 0.05) is 42.1 Å². The Labute approximate surface area is 221 Å². The fraction of sp³-hybridized carbons (Fsp3) is 0.583. The molecule has 0 radical (unpaired) electrons. The molecule has 0 aliphatic carbocycles. The first-order valence-electron chi connectivity index (χ1n) is 12.1. The lowest BCUT2D eigenvalue weighted by atomic mass is 9.92. The number of hydrogen-bond donors (Lipinski definition) is 1. The third-order valence-electron chi connectivity index (χ3n) is 6.59. The molecule has 0 unspecified atom stereocenters. The summed E-state index contributed by atoms with van der Waals surface area (Å²) in [6, 6.07) is 5.76. The third kappa shape index (κ3) is 7.19. The van der Waals surface area contributed by atoms with E-state index in [0.717, 1.165) is 22.1 Å². The van der Waals surface area contributed by atoms with Crippen LogP contribution >= 0.6 is 11.6 Å². The minimum absolute atomic E-state index is 0.00781. The zero-order valence-electron chi connectivity index (χ0n) is 21.1. The van der Waals surface area contributed by atoms with Crippen LogP contribution in [0, 0.1) is 4.91 Å². The van der Waals surface area contributed by atoms with Crippen LogP contribution in [0.4, 0.5) is 9.18 Å². The molecule has 2 aliphatic heterocycles. The summed E-state index contributed by atoms with van der Waals surface area (Å²) in [7, 11) is -3.37. The highest BCUT2D eigenvalue weighted by Gasteiger charge is 2.52. The molecule has 0 aromatic heterocycles. The Balaban J connectivity index is 1.69. The molecule has 2 saturated heterocycles. The van der Waals surface area contributed by atoms with Gasteiger partial charge in [0.05, 0.1) is 37.1 Å². The predicted octanol–water partition coefficient (Wildman–Crippen LogP) is 2.83. The Morgan fingerprint density at radius 2 is 1.95 bits per heavy atom. The molecule has 37 heavy (non-hydrogen) atoms. The number of hydrazine groups is 1. The molecular formula is C24H33ClFN4O6S+. The molecule has 2 aliphatic rings. The van der Waals surface area contributed by atoms with E-state index in [-0.39, 0.29) is 45.6 Å². The standard InChI is InChI=1S/C24H32ClFN4O6S/c1-4-36-23(32)28-15-19(18-7-5-6-8-20(18)25)21(16-28)30(33)29-12-10-24(26,11-13-29)22(31)27-17(2)9-14-37(3,34)35/h5-9,14,17,19,21H,4,10-13,15-16H2,1-3H3/p+1/b14-9-/t17-,19+,21+/m1/s1. The van der Waals surface area contributed by atoms with Crippen LogP contribution < -0.4 is 5.32 Å². The van der Waals surface area contributed by atoms with Crippen LogP contribution in [0.2, 0.25) is 5.02 Å². The number of carbonyl (C=O) groups is 2. The van der Waals surface area contributed by atoms with Crippen molar-refractivity contribution in [2.45, 2.75) is 50.4 Å². The molecule has 10 nitrogen and oxygen atoms in total. The number of alkyl halides is 1. The first kappa shape index (κ1) is 28.8.